The van der Waals surface area contributed by atoms with E-state index in [1.807, 2.05) is 19.3 Å². The summed E-state index contributed by atoms with van der Waals surface area (Å²) < 4.78 is 1.65. The SMILES string of the molecule is CNc1nc(SCC2CCCC2)nc(-n2cccn2)n1. The maximum Gasteiger partial charge on any atom is 0.256 e. The van der Waals surface area contributed by atoms with E-state index in [1.165, 1.54) is 25.7 Å². The third kappa shape index (κ3) is 3.09. The molecule has 7 heteroatoms. The molecule has 6 nitrogen and oxygen atoms in total. The minimum Gasteiger partial charge on any atom is -0.357 e. The Morgan fingerprint density at radius 1 is 1.30 bits per heavy atom. The molecule has 0 radical (unpaired) electrons. The molecule has 106 valence electrons. The van der Waals surface area contributed by atoms with Crippen LogP contribution in [0, 0.1) is 5.92 Å². The van der Waals surface area contributed by atoms with E-state index in [2.05, 4.69) is 25.4 Å². The largest absolute Gasteiger partial charge is 0.357 e. The second-order valence-electron chi connectivity index (χ2n) is 4.90. The molecule has 1 aliphatic rings. The van der Waals surface area contributed by atoms with E-state index in [0.717, 1.165) is 16.8 Å². The zero-order valence-electron chi connectivity index (χ0n) is 11.5. The molecule has 0 amide bonds. The first-order valence-corrected chi connectivity index (χ1v) is 7.90. The molecule has 0 unspecified atom stereocenters. The zero-order chi connectivity index (χ0) is 13.8. The third-order valence-corrected chi connectivity index (χ3v) is 4.54. The highest BCUT2D eigenvalue weighted by molar-refractivity contribution is 7.99. The summed E-state index contributed by atoms with van der Waals surface area (Å²) >= 11 is 1.72. The Labute approximate surface area is 122 Å². The van der Waals surface area contributed by atoms with E-state index in [4.69, 9.17) is 0 Å². The van der Waals surface area contributed by atoms with Crippen LogP contribution in [0.4, 0.5) is 5.95 Å². The number of thioether (sulfide) groups is 1. The highest BCUT2D eigenvalue weighted by Crippen LogP contribution is 2.30. The van der Waals surface area contributed by atoms with Crippen LogP contribution in [0.1, 0.15) is 25.7 Å². The van der Waals surface area contributed by atoms with Crippen LogP contribution in [0.25, 0.3) is 5.95 Å². The van der Waals surface area contributed by atoms with Gasteiger partial charge in [-0.1, -0.05) is 24.6 Å². The van der Waals surface area contributed by atoms with Gasteiger partial charge in [0.1, 0.15) is 0 Å². The van der Waals surface area contributed by atoms with Crippen molar-refractivity contribution in [2.45, 2.75) is 30.8 Å². The van der Waals surface area contributed by atoms with Gasteiger partial charge in [0.2, 0.25) is 5.95 Å². The van der Waals surface area contributed by atoms with E-state index >= 15 is 0 Å². The molecule has 0 atom stereocenters. The van der Waals surface area contributed by atoms with Crippen molar-refractivity contribution in [3.8, 4) is 5.95 Å². The fraction of sp³-hybridized carbons (Fsp3) is 0.538. The van der Waals surface area contributed by atoms with Gasteiger partial charge in [0.25, 0.3) is 5.95 Å². The summed E-state index contributed by atoms with van der Waals surface area (Å²) in [6, 6.07) is 1.86. The van der Waals surface area contributed by atoms with Crippen LogP contribution in [0.3, 0.4) is 0 Å². The number of anilines is 1. The predicted molar refractivity (Wildman–Crippen MR) is 79.2 cm³/mol. The minimum absolute atomic E-state index is 0.559. The van der Waals surface area contributed by atoms with Crippen LogP contribution < -0.4 is 5.32 Å². The molecule has 1 aliphatic carbocycles. The lowest BCUT2D eigenvalue weighted by molar-refractivity contribution is 0.622. The zero-order valence-corrected chi connectivity index (χ0v) is 12.3. The van der Waals surface area contributed by atoms with Gasteiger partial charge in [-0.3, -0.25) is 0 Å². The van der Waals surface area contributed by atoms with Crippen molar-refractivity contribution >= 4 is 17.7 Å². The van der Waals surface area contributed by atoms with Crippen molar-refractivity contribution < 1.29 is 0 Å². The topological polar surface area (TPSA) is 68.5 Å². The number of hydrogen-bond acceptors (Lipinski definition) is 6. The fourth-order valence-corrected chi connectivity index (χ4v) is 3.40. The molecule has 1 fully saturated rings. The summed E-state index contributed by atoms with van der Waals surface area (Å²) in [5.41, 5.74) is 0. The molecule has 0 saturated heterocycles. The summed E-state index contributed by atoms with van der Waals surface area (Å²) in [5, 5.41) is 7.91. The van der Waals surface area contributed by atoms with Crippen molar-refractivity contribution in [2.24, 2.45) is 5.92 Å². The smallest absolute Gasteiger partial charge is 0.256 e. The average molecular weight is 290 g/mol. The van der Waals surface area contributed by atoms with E-state index < -0.39 is 0 Å². The monoisotopic (exact) mass is 290 g/mol. The van der Waals surface area contributed by atoms with Crippen LogP contribution in [0.15, 0.2) is 23.6 Å². The summed E-state index contributed by atoms with van der Waals surface area (Å²) in [4.78, 5) is 13.2. The average Bonchev–Trinajstić information content (AvgIpc) is 3.17. The maximum absolute atomic E-state index is 4.49. The first-order valence-electron chi connectivity index (χ1n) is 6.92. The Balaban J connectivity index is 1.77. The normalized spacial score (nSPS) is 15.7. The molecule has 2 heterocycles. The Kier molecular flexibility index (Phi) is 4.15. The molecule has 2 aromatic rings. The van der Waals surface area contributed by atoms with Gasteiger partial charge in [-0.05, 0) is 24.8 Å². The Morgan fingerprint density at radius 3 is 2.85 bits per heavy atom. The van der Waals surface area contributed by atoms with Crippen LogP contribution in [-0.2, 0) is 0 Å². The van der Waals surface area contributed by atoms with E-state index in [1.54, 1.807) is 22.6 Å². The summed E-state index contributed by atoms with van der Waals surface area (Å²) in [6.07, 6.45) is 8.95. The van der Waals surface area contributed by atoms with Gasteiger partial charge in [-0.15, -0.1) is 0 Å². The lowest BCUT2D eigenvalue weighted by atomic mass is 10.1. The molecule has 1 N–H and O–H groups in total. The summed E-state index contributed by atoms with van der Waals surface area (Å²) in [6.45, 7) is 0. The molecule has 0 aromatic carbocycles. The van der Waals surface area contributed by atoms with Crippen molar-refractivity contribution in [2.75, 3.05) is 18.1 Å². The Hall–Kier alpha value is -1.63. The molecule has 2 aromatic heterocycles. The number of hydrogen-bond donors (Lipinski definition) is 1. The van der Waals surface area contributed by atoms with E-state index in [-0.39, 0.29) is 0 Å². The van der Waals surface area contributed by atoms with Crippen molar-refractivity contribution in [3.63, 3.8) is 0 Å². The predicted octanol–water partition coefficient (Wildman–Crippen LogP) is 2.38. The highest BCUT2D eigenvalue weighted by atomic mass is 32.2. The Bertz CT molecular complexity index is 550. The van der Waals surface area contributed by atoms with Gasteiger partial charge in [0, 0.05) is 25.2 Å². The lowest BCUT2D eigenvalue weighted by Crippen LogP contribution is -2.08. The Morgan fingerprint density at radius 2 is 2.15 bits per heavy atom. The fourth-order valence-electron chi connectivity index (χ4n) is 2.38. The van der Waals surface area contributed by atoms with Crippen molar-refractivity contribution in [3.05, 3.63) is 18.5 Å². The van der Waals surface area contributed by atoms with Crippen molar-refractivity contribution in [1.82, 2.24) is 24.7 Å². The number of aromatic nitrogens is 5. The molecule has 3 rings (SSSR count). The molecule has 0 bridgehead atoms. The summed E-state index contributed by atoms with van der Waals surface area (Å²) in [7, 11) is 1.81. The number of rotatable bonds is 5. The second kappa shape index (κ2) is 6.21. The van der Waals surface area contributed by atoms with E-state index in [9.17, 15) is 0 Å². The van der Waals surface area contributed by atoms with Gasteiger partial charge in [-0.2, -0.15) is 20.1 Å². The number of nitrogens with zero attached hydrogens (tertiary/aromatic N) is 5. The first kappa shape index (κ1) is 13.4. The van der Waals surface area contributed by atoms with Crippen LogP contribution >= 0.6 is 11.8 Å². The quantitative estimate of drug-likeness (QED) is 0.853. The van der Waals surface area contributed by atoms with Gasteiger partial charge in [-0.25, -0.2) is 4.68 Å². The van der Waals surface area contributed by atoms with Crippen LogP contribution in [0.2, 0.25) is 0 Å². The number of nitrogens with one attached hydrogen (secondary N) is 1. The van der Waals surface area contributed by atoms with Crippen LogP contribution in [0.5, 0.6) is 0 Å². The summed E-state index contributed by atoms with van der Waals surface area (Å²) in [5.74, 6) is 3.04. The van der Waals surface area contributed by atoms with Gasteiger partial charge in [0.05, 0.1) is 0 Å². The van der Waals surface area contributed by atoms with Gasteiger partial charge >= 0.3 is 0 Å². The highest BCUT2D eigenvalue weighted by Gasteiger charge is 2.16. The van der Waals surface area contributed by atoms with Crippen molar-refractivity contribution in [1.29, 1.82) is 0 Å². The molecule has 0 aliphatic heterocycles. The van der Waals surface area contributed by atoms with E-state index in [0.29, 0.717) is 11.9 Å². The first-order chi connectivity index (χ1) is 9.85. The third-order valence-electron chi connectivity index (χ3n) is 3.46. The van der Waals surface area contributed by atoms with Gasteiger partial charge < -0.3 is 5.32 Å². The molecule has 20 heavy (non-hydrogen) atoms. The molecule has 0 spiro atoms. The standard InChI is InChI=1S/C13H18N6S/c1-14-11-16-12(19-8-4-7-15-19)18-13(17-11)20-9-10-5-2-3-6-10/h4,7-8,10H,2-3,5-6,9H2,1H3,(H,14,16,17,18). The van der Waals surface area contributed by atoms with Crippen LogP contribution in [-0.4, -0.2) is 37.5 Å². The molecule has 1 saturated carbocycles. The second-order valence-corrected chi connectivity index (χ2v) is 5.89. The molecular weight excluding hydrogens is 272 g/mol. The van der Waals surface area contributed by atoms with Gasteiger partial charge in [0.15, 0.2) is 5.16 Å². The molecular formula is C13H18N6S. The maximum atomic E-state index is 4.49. The minimum atomic E-state index is 0.559. The lowest BCUT2D eigenvalue weighted by Gasteiger charge is -2.09.